The Kier molecular flexibility index (Phi) is 9.62. The zero-order valence-electron chi connectivity index (χ0n) is 21.2. The number of halogens is 3. The first-order valence-electron chi connectivity index (χ1n) is 12.6. The van der Waals surface area contributed by atoms with Gasteiger partial charge in [-0.1, -0.05) is 47.5 Å². The fraction of sp³-hybridized carbons (Fsp3) is 0.267. The van der Waals surface area contributed by atoms with Crippen LogP contribution >= 0.6 is 23.2 Å². The molecule has 1 heterocycles. The van der Waals surface area contributed by atoms with Crippen molar-refractivity contribution in [3.63, 3.8) is 0 Å². The predicted molar refractivity (Wildman–Crippen MR) is 151 cm³/mol. The molecular formula is C30H29Cl2FN2O4. The molecule has 0 aromatic heterocycles. The minimum Gasteiger partial charge on any atom is -0.494 e. The van der Waals surface area contributed by atoms with Gasteiger partial charge in [0.25, 0.3) is 5.91 Å². The number of rotatable bonds is 12. The summed E-state index contributed by atoms with van der Waals surface area (Å²) in [5.41, 5.74) is 0.733. The third-order valence-corrected chi connectivity index (χ3v) is 6.91. The van der Waals surface area contributed by atoms with Gasteiger partial charge in [0, 0.05) is 47.2 Å². The third kappa shape index (κ3) is 6.79. The van der Waals surface area contributed by atoms with Crippen molar-refractivity contribution in [2.45, 2.75) is 30.9 Å². The lowest BCUT2D eigenvalue weighted by atomic mass is 9.84. The summed E-state index contributed by atoms with van der Waals surface area (Å²) in [7, 11) is 0. The van der Waals surface area contributed by atoms with Gasteiger partial charge in [-0.25, -0.2) is 9.38 Å². The molecule has 3 aromatic rings. The fourth-order valence-electron chi connectivity index (χ4n) is 4.35. The zero-order valence-corrected chi connectivity index (χ0v) is 22.7. The molecule has 3 aromatic carbocycles. The maximum atomic E-state index is 13.8. The number of hydrogen-bond donors (Lipinski definition) is 2. The molecule has 0 aliphatic carbocycles. The molecule has 0 spiro atoms. The van der Waals surface area contributed by atoms with Crippen LogP contribution in [0.15, 0.2) is 84.4 Å². The molecule has 9 heteroatoms. The molecule has 1 aliphatic heterocycles. The number of carbonyl (C=O) groups is 1. The van der Waals surface area contributed by atoms with Crippen LogP contribution in [0.1, 0.15) is 35.6 Å². The molecule has 1 amide bonds. The average molecular weight is 571 g/mol. The van der Waals surface area contributed by atoms with Gasteiger partial charge < -0.3 is 19.9 Å². The molecule has 0 unspecified atom stereocenters. The second-order valence-corrected chi connectivity index (χ2v) is 9.92. The molecule has 0 radical (unpaired) electrons. The van der Waals surface area contributed by atoms with E-state index in [0.717, 1.165) is 5.56 Å². The topological polar surface area (TPSA) is 80.2 Å². The van der Waals surface area contributed by atoms with E-state index in [1.807, 2.05) is 0 Å². The second kappa shape index (κ2) is 13.1. The zero-order chi connectivity index (χ0) is 27.8. The Bertz CT molecular complexity index is 1330. The van der Waals surface area contributed by atoms with E-state index >= 15 is 0 Å². The first kappa shape index (κ1) is 28.6. The average Bonchev–Trinajstić information content (AvgIpc) is 3.31. The summed E-state index contributed by atoms with van der Waals surface area (Å²) in [5.74, 6) is 0.257. The Morgan fingerprint density at radius 1 is 1.15 bits per heavy atom. The van der Waals surface area contributed by atoms with Gasteiger partial charge in [-0.2, -0.15) is 0 Å². The molecule has 204 valence electrons. The first-order chi connectivity index (χ1) is 18.9. The van der Waals surface area contributed by atoms with Crippen molar-refractivity contribution in [2.24, 2.45) is 4.99 Å². The molecular weight excluding hydrogens is 542 g/mol. The molecule has 0 saturated carbocycles. The summed E-state index contributed by atoms with van der Waals surface area (Å²) in [5, 5.41) is 12.7. The van der Waals surface area contributed by atoms with Crippen molar-refractivity contribution < 1.29 is 23.8 Å². The molecule has 2 N–H and O–H groups in total. The molecule has 2 atom stereocenters. The van der Waals surface area contributed by atoms with E-state index in [1.54, 1.807) is 60.7 Å². The Balaban J connectivity index is 1.64. The Labute approximate surface area is 237 Å². The van der Waals surface area contributed by atoms with Gasteiger partial charge in [0.2, 0.25) is 5.90 Å². The quantitative estimate of drug-likeness (QED) is 0.204. The monoisotopic (exact) mass is 570 g/mol. The molecule has 1 aliphatic rings. The van der Waals surface area contributed by atoms with E-state index in [0.29, 0.717) is 52.9 Å². The van der Waals surface area contributed by atoms with Crippen LogP contribution in [0.3, 0.4) is 0 Å². The van der Waals surface area contributed by atoms with Crippen LogP contribution in [-0.2, 0) is 16.0 Å². The Hall–Kier alpha value is -3.39. The number of aliphatic hydroxyl groups is 1. The van der Waals surface area contributed by atoms with Crippen molar-refractivity contribution in [1.29, 1.82) is 0 Å². The molecule has 0 fully saturated rings. The molecule has 0 bridgehead atoms. The second-order valence-electron chi connectivity index (χ2n) is 9.08. The van der Waals surface area contributed by atoms with E-state index in [1.165, 1.54) is 12.1 Å². The summed E-state index contributed by atoms with van der Waals surface area (Å²) in [4.78, 5) is 18.7. The van der Waals surface area contributed by atoms with Crippen LogP contribution in [0.25, 0.3) is 0 Å². The maximum Gasteiger partial charge on any atom is 0.252 e. The molecule has 6 nitrogen and oxygen atoms in total. The number of benzene rings is 3. The maximum absolute atomic E-state index is 13.8. The van der Waals surface area contributed by atoms with Crippen LogP contribution in [0.2, 0.25) is 10.0 Å². The number of carbonyl (C=O) groups excluding carboxylic acids is 1. The highest BCUT2D eigenvalue weighted by Crippen LogP contribution is 2.45. The van der Waals surface area contributed by atoms with E-state index in [9.17, 15) is 9.18 Å². The first-order valence-corrected chi connectivity index (χ1v) is 13.3. The number of aliphatic imine (C=N–C) groups is 1. The number of hydrogen-bond acceptors (Lipinski definition) is 5. The van der Waals surface area contributed by atoms with Crippen LogP contribution in [0.5, 0.6) is 5.75 Å². The van der Waals surface area contributed by atoms with Crippen molar-refractivity contribution in [3.8, 4) is 5.75 Å². The van der Waals surface area contributed by atoms with E-state index < -0.39 is 11.6 Å². The van der Waals surface area contributed by atoms with Crippen LogP contribution in [0.4, 0.5) is 4.39 Å². The van der Waals surface area contributed by atoms with Gasteiger partial charge >= 0.3 is 0 Å². The number of amides is 1. The summed E-state index contributed by atoms with van der Waals surface area (Å²) >= 11 is 12.7. The highest BCUT2D eigenvalue weighted by Gasteiger charge is 2.53. The lowest BCUT2D eigenvalue weighted by molar-refractivity contribution is -0.128. The largest absolute Gasteiger partial charge is 0.494 e. The van der Waals surface area contributed by atoms with Gasteiger partial charge in [-0.05, 0) is 60.5 Å². The van der Waals surface area contributed by atoms with Crippen molar-refractivity contribution in [1.82, 2.24) is 5.32 Å². The van der Waals surface area contributed by atoms with Crippen molar-refractivity contribution >= 4 is 35.0 Å². The lowest BCUT2D eigenvalue weighted by Crippen LogP contribution is -2.48. The van der Waals surface area contributed by atoms with Gasteiger partial charge in [0.05, 0.1) is 6.61 Å². The van der Waals surface area contributed by atoms with E-state index in [-0.39, 0.29) is 30.6 Å². The number of aliphatic hydroxyl groups excluding tert-OH is 1. The molecule has 39 heavy (non-hydrogen) atoms. The van der Waals surface area contributed by atoms with Crippen LogP contribution in [-0.4, -0.2) is 42.2 Å². The summed E-state index contributed by atoms with van der Waals surface area (Å²) in [6, 6.07) is 18.3. The predicted octanol–water partition coefficient (Wildman–Crippen LogP) is 6.09. The third-order valence-electron chi connectivity index (χ3n) is 6.34. The number of nitrogens with one attached hydrogen (secondary N) is 1. The Morgan fingerprint density at radius 2 is 1.90 bits per heavy atom. The van der Waals surface area contributed by atoms with E-state index in [2.05, 4.69) is 11.9 Å². The number of nitrogens with zero attached hydrogens (tertiary/aromatic N) is 1. The Morgan fingerprint density at radius 3 is 2.56 bits per heavy atom. The summed E-state index contributed by atoms with van der Waals surface area (Å²) in [6.07, 6.45) is 2.01. The van der Waals surface area contributed by atoms with Gasteiger partial charge in [-0.3, -0.25) is 4.79 Å². The molecule has 0 saturated heterocycles. The SMILES string of the molecule is C=CC[C@@]1(C(=O)NCCc2ccc(F)cc2)N=C(c2ccc(OCCCO)cc2)O[C@@H]1c1ccc(Cl)cc1Cl. The smallest absolute Gasteiger partial charge is 0.252 e. The number of ether oxygens (including phenoxy) is 2. The normalized spacial score (nSPS) is 18.3. The van der Waals surface area contributed by atoms with Gasteiger partial charge in [-0.15, -0.1) is 6.58 Å². The fourth-order valence-corrected chi connectivity index (χ4v) is 4.86. The van der Waals surface area contributed by atoms with Crippen LogP contribution < -0.4 is 10.1 Å². The highest BCUT2D eigenvalue weighted by molar-refractivity contribution is 6.35. The van der Waals surface area contributed by atoms with E-state index in [4.69, 9.17) is 42.8 Å². The highest BCUT2D eigenvalue weighted by atomic mass is 35.5. The van der Waals surface area contributed by atoms with Gasteiger partial charge in [0.1, 0.15) is 11.6 Å². The minimum atomic E-state index is -1.38. The van der Waals surface area contributed by atoms with Crippen molar-refractivity contribution in [2.75, 3.05) is 19.8 Å². The molecule has 4 rings (SSSR count). The standard InChI is InChI=1S/C30H29Cl2FN2O4/c1-2-15-30(29(37)34-16-14-20-4-9-23(33)10-5-20)27(25-13-8-22(31)19-26(25)32)39-28(35-30)21-6-11-24(12-7-21)38-18-3-17-36/h2,4-13,19,27,36H,1,3,14-18H2,(H,34,37)/t27-,30-/m1/s1. The summed E-state index contributed by atoms with van der Waals surface area (Å²) in [6.45, 7) is 4.63. The van der Waals surface area contributed by atoms with Crippen molar-refractivity contribution in [3.05, 3.63) is 112 Å². The lowest BCUT2D eigenvalue weighted by Gasteiger charge is -2.30. The van der Waals surface area contributed by atoms with Crippen LogP contribution in [0, 0.1) is 5.82 Å². The minimum absolute atomic E-state index is 0.0503. The summed E-state index contributed by atoms with van der Waals surface area (Å²) < 4.78 is 25.2. The van der Waals surface area contributed by atoms with Gasteiger partial charge in [0.15, 0.2) is 11.6 Å².